The molecule has 1 saturated heterocycles. The van der Waals surface area contributed by atoms with Crippen molar-refractivity contribution in [2.45, 2.75) is 103 Å². The number of likely N-dealkylation sites (tertiary alicyclic amines) is 1. The molecule has 0 saturated carbocycles. The second kappa shape index (κ2) is 20.3. The first-order chi connectivity index (χ1) is 26.1. The zero-order valence-corrected chi connectivity index (χ0v) is 33.6. The number of carbonyl (C=O) groups is 4. The first-order valence-corrected chi connectivity index (χ1v) is 19.5. The molecule has 3 aromatic rings. The Labute approximate surface area is 330 Å². The van der Waals surface area contributed by atoms with E-state index < -0.39 is 47.8 Å². The van der Waals surface area contributed by atoms with Gasteiger partial charge in [-0.2, -0.15) is 0 Å². The Kier molecular flexibility index (Phi) is 16.0. The van der Waals surface area contributed by atoms with E-state index >= 15 is 0 Å². The zero-order valence-electron chi connectivity index (χ0n) is 32.9. The molecule has 0 unspecified atom stereocenters. The maximum Gasteiger partial charge on any atom is 0.410 e. The minimum atomic E-state index is -1.15. The van der Waals surface area contributed by atoms with Crippen LogP contribution >= 0.6 is 11.6 Å². The van der Waals surface area contributed by atoms with Gasteiger partial charge in [0.15, 0.2) is 0 Å². The van der Waals surface area contributed by atoms with Gasteiger partial charge in [-0.25, -0.2) is 9.59 Å². The predicted molar refractivity (Wildman–Crippen MR) is 213 cm³/mol. The number of nitrogens with one attached hydrogen (secondary N) is 2. The van der Waals surface area contributed by atoms with Gasteiger partial charge in [0.2, 0.25) is 11.8 Å². The summed E-state index contributed by atoms with van der Waals surface area (Å²) in [5.74, 6) is -1.60. The highest BCUT2D eigenvalue weighted by Crippen LogP contribution is 2.23. The highest BCUT2D eigenvalue weighted by molar-refractivity contribution is 6.30. The van der Waals surface area contributed by atoms with E-state index in [1.807, 2.05) is 80.6 Å². The molecule has 0 aromatic heterocycles. The van der Waals surface area contributed by atoms with Crippen LogP contribution in [0, 0.1) is 11.8 Å². The summed E-state index contributed by atoms with van der Waals surface area (Å²) in [6.45, 7) is 10.1. The van der Waals surface area contributed by atoms with E-state index in [2.05, 4.69) is 10.6 Å². The number of rotatable bonds is 15. The highest BCUT2D eigenvalue weighted by Gasteiger charge is 2.36. The van der Waals surface area contributed by atoms with Gasteiger partial charge in [-0.15, -0.1) is 0 Å². The minimum absolute atomic E-state index is 0.0112. The SMILES string of the molecule is CC(C)[C@H](NC(=O)[C@@H](Cc1cccc(Cl)c1)C[C@H](O)[C@@H](Cc1ccccc1)NC(=O)OC(C)(C)C)C(=O)N1CCC(N(C)C(=O)OCc2ccccc2)CC1. The fourth-order valence-electron chi connectivity index (χ4n) is 6.72. The molecule has 1 aliphatic rings. The summed E-state index contributed by atoms with van der Waals surface area (Å²) in [5, 5.41) is 18.1. The van der Waals surface area contributed by atoms with E-state index in [1.54, 1.807) is 55.8 Å². The summed E-state index contributed by atoms with van der Waals surface area (Å²) < 4.78 is 11.0. The van der Waals surface area contributed by atoms with Crippen LogP contribution in [0.2, 0.25) is 5.02 Å². The molecule has 0 spiro atoms. The van der Waals surface area contributed by atoms with Crippen molar-refractivity contribution in [3.8, 4) is 0 Å². The number of benzene rings is 3. The van der Waals surface area contributed by atoms with Crippen LogP contribution in [-0.4, -0.2) is 88.9 Å². The van der Waals surface area contributed by atoms with Gasteiger partial charge >= 0.3 is 12.2 Å². The Balaban J connectivity index is 1.45. The monoisotopic (exact) mass is 776 g/mol. The summed E-state index contributed by atoms with van der Waals surface area (Å²) in [4.78, 5) is 57.3. The number of alkyl carbamates (subject to hydrolysis) is 1. The van der Waals surface area contributed by atoms with Crippen molar-refractivity contribution in [1.82, 2.24) is 20.4 Å². The molecule has 11 nitrogen and oxygen atoms in total. The third-order valence-corrected chi connectivity index (χ3v) is 10.0. The normalized spacial score (nSPS) is 15.7. The van der Waals surface area contributed by atoms with Gasteiger partial charge in [0.25, 0.3) is 0 Å². The number of piperidine rings is 1. The summed E-state index contributed by atoms with van der Waals surface area (Å²) >= 11 is 6.32. The first kappa shape index (κ1) is 43.1. The number of amides is 4. The number of hydrogen-bond donors (Lipinski definition) is 3. The number of ether oxygens (including phenoxy) is 2. The Morgan fingerprint density at radius 2 is 1.47 bits per heavy atom. The Morgan fingerprint density at radius 1 is 0.873 bits per heavy atom. The van der Waals surface area contributed by atoms with Crippen molar-refractivity contribution >= 4 is 35.6 Å². The van der Waals surface area contributed by atoms with Crippen molar-refractivity contribution in [2.24, 2.45) is 11.8 Å². The first-order valence-electron chi connectivity index (χ1n) is 19.1. The van der Waals surface area contributed by atoms with Gasteiger partial charge in [0.1, 0.15) is 18.2 Å². The van der Waals surface area contributed by atoms with E-state index in [0.29, 0.717) is 37.4 Å². The predicted octanol–water partition coefficient (Wildman–Crippen LogP) is 6.79. The molecule has 1 aliphatic heterocycles. The standard InChI is InChI=1S/C43H57ClN4O7/c1-29(2)38(40(51)48-22-20-35(21-23-48)47(6)42(53)54-28-31-16-11-8-12-17-31)46-39(50)33(24-32-18-13-19-34(44)25-32)27-37(49)36(26-30-14-9-7-10-15-30)45-41(52)55-43(3,4)5/h7-19,25,29,33,35-38,49H,20-24,26-28H2,1-6H3,(H,45,52)(H,46,50)/t33-,36+,37-,38-/m0/s1. The molecular formula is C43H57ClN4O7. The lowest BCUT2D eigenvalue weighted by atomic mass is 9.88. The highest BCUT2D eigenvalue weighted by atomic mass is 35.5. The van der Waals surface area contributed by atoms with E-state index in [4.69, 9.17) is 21.1 Å². The Hall–Kier alpha value is -4.61. The lowest BCUT2D eigenvalue weighted by Crippen LogP contribution is -2.56. The van der Waals surface area contributed by atoms with Gasteiger partial charge < -0.3 is 35.0 Å². The van der Waals surface area contributed by atoms with Crippen molar-refractivity contribution in [3.63, 3.8) is 0 Å². The minimum Gasteiger partial charge on any atom is -0.445 e. The Bertz CT molecular complexity index is 1690. The summed E-state index contributed by atoms with van der Waals surface area (Å²) in [7, 11) is 1.72. The summed E-state index contributed by atoms with van der Waals surface area (Å²) in [6.07, 6.45) is -0.569. The zero-order chi connectivity index (χ0) is 40.1. The number of halogens is 1. The second-order valence-electron chi connectivity index (χ2n) is 15.7. The van der Waals surface area contributed by atoms with Crippen molar-refractivity contribution in [3.05, 3.63) is 107 Å². The Morgan fingerprint density at radius 3 is 2.05 bits per heavy atom. The topological polar surface area (TPSA) is 138 Å². The van der Waals surface area contributed by atoms with Crippen molar-refractivity contribution < 1.29 is 33.8 Å². The molecule has 0 radical (unpaired) electrons. The number of aliphatic hydroxyl groups excluding tert-OH is 1. The molecule has 3 aromatic carbocycles. The smallest absolute Gasteiger partial charge is 0.410 e. The molecule has 4 amide bonds. The van der Waals surface area contributed by atoms with Crippen LogP contribution in [0.3, 0.4) is 0 Å². The number of nitrogens with zero attached hydrogens (tertiary/aromatic N) is 2. The third kappa shape index (κ3) is 13.9. The van der Waals surface area contributed by atoms with Gasteiger partial charge in [-0.1, -0.05) is 98.2 Å². The lowest BCUT2D eigenvalue weighted by molar-refractivity contribution is -0.140. The third-order valence-electron chi connectivity index (χ3n) is 9.78. The van der Waals surface area contributed by atoms with Gasteiger partial charge in [-0.05, 0) is 87.6 Å². The van der Waals surface area contributed by atoms with Crippen LogP contribution in [0.1, 0.15) is 70.6 Å². The molecule has 298 valence electrons. The quantitative estimate of drug-likeness (QED) is 0.155. The molecule has 3 N–H and O–H groups in total. The van der Waals surface area contributed by atoms with Crippen LogP contribution in [0.4, 0.5) is 9.59 Å². The van der Waals surface area contributed by atoms with Gasteiger partial charge in [0.05, 0.1) is 12.1 Å². The molecule has 12 heteroatoms. The van der Waals surface area contributed by atoms with E-state index in [9.17, 15) is 24.3 Å². The van der Waals surface area contributed by atoms with Gasteiger partial charge in [-0.3, -0.25) is 9.59 Å². The maximum absolute atomic E-state index is 14.2. The molecule has 4 atom stereocenters. The van der Waals surface area contributed by atoms with E-state index in [0.717, 1.165) is 16.7 Å². The molecule has 1 heterocycles. The molecule has 4 rings (SSSR count). The molecule has 55 heavy (non-hydrogen) atoms. The van der Waals surface area contributed by atoms with Crippen molar-refractivity contribution in [1.29, 1.82) is 0 Å². The molecule has 0 bridgehead atoms. The van der Waals surface area contributed by atoms with Crippen LogP contribution in [0.5, 0.6) is 0 Å². The number of aliphatic hydroxyl groups is 1. The van der Waals surface area contributed by atoms with E-state index in [1.165, 1.54) is 0 Å². The van der Waals surface area contributed by atoms with Crippen molar-refractivity contribution in [2.75, 3.05) is 20.1 Å². The van der Waals surface area contributed by atoms with Crippen LogP contribution in [0.25, 0.3) is 0 Å². The average Bonchev–Trinajstić information content (AvgIpc) is 3.14. The summed E-state index contributed by atoms with van der Waals surface area (Å²) in [5.41, 5.74) is 1.84. The maximum atomic E-state index is 14.2. The second-order valence-corrected chi connectivity index (χ2v) is 16.2. The van der Waals surface area contributed by atoms with Crippen LogP contribution in [0.15, 0.2) is 84.9 Å². The van der Waals surface area contributed by atoms with Crippen LogP contribution < -0.4 is 10.6 Å². The van der Waals surface area contributed by atoms with Gasteiger partial charge in [0, 0.05) is 37.1 Å². The van der Waals surface area contributed by atoms with E-state index in [-0.39, 0.29) is 37.3 Å². The average molecular weight is 777 g/mol. The molecule has 0 aliphatic carbocycles. The number of hydrogen-bond acceptors (Lipinski definition) is 7. The fraction of sp³-hybridized carbons (Fsp3) is 0.488. The molecular weight excluding hydrogens is 720 g/mol. The number of carbonyl (C=O) groups excluding carboxylic acids is 4. The molecule has 1 fully saturated rings. The summed E-state index contributed by atoms with van der Waals surface area (Å²) in [6, 6.07) is 24.4. The fourth-order valence-corrected chi connectivity index (χ4v) is 6.94. The largest absolute Gasteiger partial charge is 0.445 e. The van der Waals surface area contributed by atoms with Crippen LogP contribution in [-0.2, 0) is 38.5 Å². The lowest BCUT2D eigenvalue weighted by Gasteiger charge is -2.38.